The summed E-state index contributed by atoms with van der Waals surface area (Å²) >= 11 is 0. The molecule has 1 saturated heterocycles. The highest BCUT2D eigenvalue weighted by Gasteiger charge is 2.23. The third-order valence-corrected chi connectivity index (χ3v) is 4.92. The minimum absolute atomic E-state index is 0.0217. The van der Waals surface area contributed by atoms with E-state index in [0.717, 1.165) is 5.56 Å². The van der Waals surface area contributed by atoms with Crippen LogP contribution in [0.25, 0.3) is 0 Å². The lowest BCUT2D eigenvalue weighted by Crippen LogP contribution is -2.50. The lowest BCUT2D eigenvalue weighted by molar-refractivity contribution is -0.139. The van der Waals surface area contributed by atoms with Crippen molar-refractivity contribution in [3.63, 3.8) is 0 Å². The number of carbonyl (C=O) groups is 3. The van der Waals surface area contributed by atoms with Gasteiger partial charge in [0, 0.05) is 51.5 Å². The number of hydrogen-bond donors (Lipinski definition) is 1. The van der Waals surface area contributed by atoms with Crippen molar-refractivity contribution < 1.29 is 23.9 Å². The van der Waals surface area contributed by atoms with Gasteiger partial charge in [-0.3, -0.25) is 14.4 Å². The molecule has 0 radical (unpaired) electrons. The maximum Gasteiger partial charge on any atom is 0.223 e. The lowest BCUT2D eigenvalue weighted by atomic mass is 10.1. The van der Waals surface area contributed by atoms with Crippen LogP contribution in [0.1, 0.15) is 38.3 Å². The second kappa shape index (κ2) is 9.96. The van der Waals surface area contributed by atoms with Crippen molar-refractivity contribution in [1.82, 2.24) is 15.1 Å². The molecule has 0 aromatic heterocycles. The zero-order valence-electron chi connectivity index (χ0n) is 17.0. The summed E-state index contributed by atoms with van der Waals surface area (Å²) < 4.78 is 10.6. The minimum atomic E-state index is -0.285. The SMILES string of the molecule is COc1ccc(OC)c([C@H](C)NC(=O)CCC(=O)N2CCN(C(C)=O)CC2)c1. The van der Waals surface area contributed by atoms with Crippen molar-refractivity contribution in [2.75, 3.05) is 40.4 Å². The van der Waals surface area contributed by atoms with Gasteiger partial charge in [-0.25, -0.2) is 0 Å². The molecule has 0 aliphatic carbocycles. The summed E-state index contributed by atoms with van der Waals surface area (Å²) in [6.07, 6.45) is 0.260. The van der Waals surface area contributed by atoms with E-state index in [0.29, 0.717) is 37.7 Å². The molecule has 0 saturated carbocycles. The molecule has 154 valence electrons. The third-order valence-electron chi connectivity index (χ3n) is 4.92. The smallest absolute Gasteiger partial charge is 0.223 e. The van der Waals surface area contributed by atoms with E-state index in [9.17, 15) is 14.4 Å². The first kappa shape index (κ1) is 21.5. The van der Waals surface area contributed by atoms with Crippen LogP contribution in [-0.4, -0.2) is 67.9 Å². The van der Waals surface area contributed by atoms with Gasteiger partial charge in [-0.05, 0) is 25.1 Å². The van der Waals surface area contributed by atoms with Gasteiger partial charge in [-0.2, -0.15) is 0 Å². The first-order valence-corrected chi connectivity index (χ1v) is 9.40. The monoisotopic (exact) mass is 391 g/mol. The van der Waals surface area contributed by atoms with Gasteiger partial charge in [0.05, 0.1) is 20.3 Å². The molecule has 0 bridgehead atoms. The molecule has 1 aromatic carbocycles. The molecule has 3 amide bonds. The summed E-state index contributed by atoms with van der Waals surface area (Å²) in [5.74, 6) is 1.09. The number of nitrogens with one attached hydrogen (secondary N) is 1. The molecule has 0 unspecified atom stereocenters. The van der Waals surface area contributed by atoms with Crippen LogP contribution in [-0.2, 0) is 14.4 Å². The van der Waals surface area contributed by atoms with Gasteiger partial charge in [0.15, 0.2) is 0 Å². The quantitative estimate of drug-likeness (QED) is 0.758. The van der Waals surface area contributed by atoms with Crippen LogP contribution in [0.4, 0.5) is 0 Å². The van der Waals surface area contributed by atoms with Gasteiger partial charge in [-0.15, -0.1) is 0 Å². The van der Waals surface area contributed by atoms with Crippen molar-refractivity contribution in [3.8, 4) is 11.5 Å². The molecule has 1 fully saturated rings. The molecule has 1 aliphatic rings. The maximum absolute atomic E-state index is 12.3. The molecule has 1 aromatic rings. The Hall–Kier alpha value is -2.77. The largest absolute Gasteiger partial charge is 0.497 e. The van der Waals surface area contributed by atoms with Crippen LogP contribution >= 0.6 is 0 Å². The van der Waals surface area contributed by atoms with Crippen molar-refractivity contribution in [2.45, 2.75) is 32.7 Å². The molecule has 0 spiro atoms. The lowest BCUT2D eigenvalue weighted by Gasteiger charge is -2.34. The second-order valence-corrected chi connectivity index (χ2v) is 6.78. The third kappa shape index (κ3) is 5.61. The number of nitrogens with zero attached hydrogens (tertiary/aromatic N) is 2. The van der Waals surface area contributed by atoms with Crippen LogP contribution in [0.2, 0.25) is 0 Å². The Morgan fingerprint density at radius 2 is 1.68 bits per heavy atom. The molecule has 8 nitrogen and oxygen atoms in total. The predicted octanol–water partition coefficient (Wildman–Crippen LogP) is 1.35. The Morgan fingerprint density at radius 3 is 2.25 bits per heavy atom. The molecule has 1 heterocycles. The first-order valence-electron chi connectivity index (χ1n) is 9.40. The summed E-state index contributed by atoms with van der Waals surface area (Å²) in [4.78, 5) is 39.4. The number of piperazine rings is 1. The maximum atomic E-state index is 12.3. The Labute approximate surface area is 165 Å². The molecule has 1 aliphatic heterocycles. The number of hydrogen-bond acceptors (Lipinski definition) is 5. The predicted molar refractivity (Wildman–Crippen MR) is 104 cm³/mol. The fourth-order valence-corrected chi connectivity index (χ4v) is 3.22. The van der Waals surface area contributed by atoms with Gasteiger partial charge in [0.2, 0.25) is 17.7 Å². The van der Waals surface area contributed by atoms with Crippen molar-refractivity contribution >= 4 is 17.7 Å². The highest BCUT2D eigenvalue weighted by molar-refractivity contribution is 5.84. The Bertz CT molecular complexity index is 714. The molecular formula is C20H29N3O5. The first-order chi connectivity index (χ1) is 13.3. The normalized spacial score (nSPS) is 15.0. The van der Waals surface area contributed by atoms with E-state index in [2.05, 4.69) is 5.32 Å². The van der Waals surface area contributed by atoms with E-state index in [4.69, 9.17) is 9.47 Å². The van der Waals surface area contributed by atoms with E-state index < -0.39 is 0 Å². The number of methoxy groups -OCH3 is 2. The van der Waals surface area contributed by atoms with Gasteiger partial charge >= 0.3 is 0 Å². The number of carbonyl (C=O) groups excluding carboxylic acids is 3. The Balaban J connectivity index is 1.84. The number of amides is 3. The number of ether oxygens (including phenoxy) is 2. The summed E-state index contributed by atoms with van der Waals surface area (Å²) in [7, 11) is 3.15. The molecule has 2 rings (SSSR count). The summed E-state index contributed by atoms with van der Waals surface area (Å²) in [6.45, 7) is 5.49. The standard InChI is InChI=1S/C20H29N3O5/c1-14(17-13-16(27-3)5-6-18(17)28-4)21-19(25)7-8-20(26)23-11-9-22(10-12-23)15(2)24/h5-6,13-14H,7-12H2,1-4H3,(H,21,25)/t14-/m0/s1. The Morgan fingerprint density at radius 1 is 1.04 bits per heavy atom. The molecule has 28 heavy (non-hydrogen) atoms. The van der Waals surface area contributed by atoms with Crippen LogP contribution in [0.15, 0.2) is 18.2 Å². The van der Waals surface area contributed by atoms with Gasteiger partial charge < -0.3 is 24.6 Å². The number of benzene rings is 1. The topological polar surface area (TPSA) is 88.2 Å². The second-order valence-electron chi connectivity index (χ2n) is 6.78. The fraction of sp³-hybridized carbons (Fsp3) is 0.550. The van der Waals surface area contributed by atoms with Gasteiger partial charge in [0.1, 0.15) is 11.5 Å². The molecule has 1 atom stereocenters. The van der Waals surface area contributed by atoms with Crippen molar-refractivity contribution in [1.29, 1.82) is 0 Å². The minimum Gasteiger partial charge on any atom is -0.497 e. The summed E-state index contributed by atoms with van der Waals surface area (Å²) in [5.41, 5.74) is 0.807. The van der Waals surface area contributed by atoms with E-state index >= 15 is 0 Å². The molecular weight excluding hydrogens is 362 g/mol. The van der Waals surface area contributed by atoms with E-state index in [-0.39, 0.29) is 36.6 Å². The highest BCUT2D eigenvalue weighted by Crippen LogP contribution is 2.29. The van der Waals surface area contributed by atoms with Gasteiger partial charge in [0.25, 0.3) is 0 Å². The van der Waals surface area contributed by atoms with E-state index in [1.807, 2.05) is 13.0 Å². The molecule has 1 N–H and O–H groups in total. The van der Waals surface area contributed by atoms with Crippen LogP contribution in [0, 0.1) is 0 Å². The van der Waals surface area contributed by atoms with Gasteiger partial charge in [-0.1, -0.05) is 0 Å². The average Bonchev–Trinajstić information content (AvgIpc) is 2.71. The van der Waals surface area contributed by atoms with Crippen molar-refractivity contribution in [2.24, 2.45) is 0 Å². The average molecular weight is 391 g/mol. The van der Waals surface area contributed by atoms with E-state index in [1.54, 1.807) is 36.2 Å². The number of rotatable bonds is 7. The summed E-state index contributed by atoms with van der Waals surface area (Å²) in [6, 6.07) is 5.12. The van der Waals surface area contributed by atoms with Crippen LogP contribution in [0.5, 0.6) is 11.5 Å². The Kier molecular flexibility index (Phi) is 7.66. The molecule has 8 heteroatoms. The van der Waals surface area contributed by atoms with Crippen LogP contribution in [0.3, 0.4) is 0 Å². The van der Waals surface area contributed by atoms with Crippen LogP contribution < -0.4 is 14.8 Å². The van der Waals surface area contributed by atoms with Crippen molar-refractivity contribution in [3.05, 3.63) is 23.8 Å². The zero-order valence-corrected chi connectivity index (χ0v) is 17.0. The van der Waals surface area contributed by atoms with E-state index in [1.165, 1.54) is 6.92 Å². The fourth-order valence-electron chi connectivity index (χ4n) is 3.22. The highest BCUT2D eigenvalue weighted by atomic mass is 16.5. The summed E-state index contributed by atoms with van der Waals surface area (Å²) in [5, 5.41) is 2.90. The zero-order chi connectivity index (χ0) is 20.7.